The minimum Gasteiger partial charge on any atom is -0.598 e. The van der Waals surface area contributed by atoms with Crippen molar-refractivity contribution in [1.82, 2.24) is 14.6 Å². The van der Waals surface area contributed by atoms with Gasteiger partial charge in [-0.25, -0.2) is 9.37 Å². The average Bonchev–Trinajstić information content (AvgIpc) is 3.89. The largest absolute Gasteiger partial charge is 0.598 e. The van der Waals surface area contributed by atoms with E-state index in [1.165, 1.54) is 16.4 Å². The third kappa shape index (κ3) is 8.74. The molecular weight excluding hydrogens is 798 g/mol. The van der Waals surface area contributed by atoms with Gasteiger partial charge in [-0.05, 0) is 64.1 Å². The number of para-hydroxylation sites is 1. The highest BCUT2D eigenvalue weighted by Gasteiger charge is 2.50. The number of hydrogen-bond acceptors (Lipinski definition) is 6. The standard InChI is InChI=1S/C51H52FN3O4SSi/c1-5-6-30-60(57)55-35-40-32-44(50(56)53-34-39-19-13-15-26-43(39)52)54-49(38-21-17-20-36(31-38)47-33-37-18-14-16-27-46(37)59-47)48(40)45(55)28-29-58-61(51(2,3)4,41-22-9-7-10-23-41)42-24-11-8-12-25-42/h7-27,31-33,45H,5-6,28-30,34-35H2,1-4H3,(H,53,56)/t45-,60-/m1/s1. The Labute approximate surface area is 362 Å². The zero-order valence-electron chi connectivity index (χ0n) is 35.2. The lowest BCUT2D eigenvalue weighted by Crippen LogP contribution is -2.66. The molecule has 0 spiro atoms. The average molecular weight is 850 g/mol. The summed E-state index contributed by atoms with van der Waals surface area (Å²) in [6.07, 6.45) is 2.28. The molecule has 2 aromatic heterocycles. The predicted molar refractivity (Wildman–Crippen MR) is 247 cm³/mol. The predicted octanol–water partition coefficient (Wildman–Crippen LogP) is 10.5. The quantitative estimate of drug-likeness (QED) is 0.0816. The molecule has 1 aliphatic heterocycles. The number of benzene rings is 5. The Morgan fingerprint density at radius 3 is 2.25 bits per heavy atom. The van der Waals surface area contributed by atoms with Crippen LogP contribution in [0.5, 0.6) is 0 Å². The van der Waals surface area contributed by atoms with Crippen molar-refractivity contribution >= 4 is 46.9 Å². The number of aromatic nitrogens is 1. The molecule has 0 aliphatic carbocycles. The maximum absolute atomic E-state index is 14.6. The number of hydrogen-bond donors (Lipinski definition) is 1. The zero-order valence-corrected chi connectivity index (χ0v) is 37.0. The molecule has 312 valence electrons. The molecule has 0 radical (unpaired) electrons. The molecule has 3 heterocycles. The normalized spacial score (nSPS) is 14.9. The molecule has 5 aromatic carbocycles. The minimum atomic E-state index is -2.89. The van der Waals surface area contributed by atoms with Gasteiger partial charge in [-0.15, -0.1) is 4.31 Å². The van der Waals surface area contributed by atoms with Crippen LogP contribution in [0.25, 0.3) is 33.6 Å². The SMILES string of the molecule is CCCC[S@@+]([O-])N1Cc2cc(C(=O)NCc3ccccc3F)nc(-c3cccc(-c4cc5ccccc5o4)c3)c2[C@H]1CCO[Si](c1ccccc1)(c1ccccc1)C(C)(C)C. The van der Waals surface area contributed by atoms with Crippen molar-refractivity contribution in [2.75, 3.05) is 12.4 Å². The first kappa shape index (κ1) is 42.3. The van der Waals surface area contributed by atoms with Crippen LogP contribution in [-0.4, -0.2) is 40.4 Å². The van der Waals surface area contributed by atoms with Crippen LogP contribution in [0.1, 0.15) is 80.2 Å². The second kappa shape index (κ2) is 18.3. The molecule has 8 rings (SSSR count). The van der Waals surface area contributed by atoms with E-state index in [0.717, 1.165) is 51.8 Å². The lowest BCUT2D eigenvalue weighted by molar-refractivity contribution is 0.0945. The number of furan rings is 1. The molecule has 10 heteroatoms. The van der Waals surface area contributed by atoms with Crippen LogP contribution in [-0.2, 0) is 28.9 Å². The molecule has 1 amide bonds. The topological polar surface area (TPSA) is 90.7 Å². The number of halogens is 1. The summed E-state index contributed by atoms with van der Waals surface area (Å²) in [6, 6.07) is 47.1. The van der Waals surface area contributed by atoms with Crippen molar-refractivity contribution in [3.8, 4) is 22.6 Å². The first-order valence-electron chi connectivity index (χ1n) is 21.1. The molecule has 0 unspecified atom stereocenters. The van der Waals surface area contributed by atoms with Gasteiger partial charge in [0.15, 0.2) is 0 Å². The van der Waals surface area contributed by atoms with E-state index in [4.69, 9.17) is 13.8 Å². The number of unbranched alkanes of at least 4 members (excludes halogenated alkanes) is 1. The molecule has 7 nitrogen and oxygen atoms in total. The Balaban J connectivity index is 1.22. The van der Waals surface area contributed by atoms with E-state index < -0.39 is 25.6 Å². The molecule has 7 aromatic rings. The van der Waals surface area contributed by atoms with E-state index in [2.05, 4.69) is 85.8 Å². The summed E-state index contributed by atoms with van der Waals surface area (Å²) in [5.74, 6) is 0.437. The monoisotopic (exact) mass is 849 g/mol. The number of pyridine rings is 1. The molecule has 1 aliphatic rings. The number of carbonyl (C=O) groups is 1. The van der Waals surface area contributed by atoms with Crippen molar-refractivity contribution < 1.29 is 22.6 Å². The Morgan fingerprint density at radius 2 is 1.56 bits per heavy atom. The fraction of sp³-hybridized carbons (Fsp3) is 0.255. The number of amides is 1. The van der Waals surface area contributed by atoms with Crippen molar-refractivity contribution in [2.45, 2.75) is 71.1 Å². The summed E-state index contributed by atoms with van der Waals surface area (Å²) in [5, 5.41) is 6.07. The highest BCUT2D eigenvalue weighted by atomic mass is 32.2. The van der Waals surface area contributed by atoms with Crippen molar-refractivity contribution in [1.29, 1.82) is 0 Å². The van der Waals surface area contributed by atoms with Gasteiger partial charge in [0.25, 0.3) is 14.2 Å². The molecule has 0 bridgehead atoms. The minimum absolute atomic E-state index is 0.0104. The Morgan fingerprint density at radius 1 is 0.885 bits per heavy atom. The summed E-state index contributed by atoms with van der Waals surface area (Å²) in [4.78, 5) is 19.1. The molecule has 61 heavy (non-hydrogen) atoms. The van der Waals surface area contributed by atoms with Gasteiger partial charge in [-0.1, -0.05) is 149 Å². The third-order valence-electron chi connectivity index (χ3n) is 11.7. The van der Waals surface area contributed by atoms with Gasteiger partial charge in [0.05, 0.1) is 18.3 Å². The second-order valence-corrected chi connectivity index (χ2v) is 22.5. The number of nitrogens with zero attached hydrogens (tertiary/aromatic N) is 2. The van der Waals surface area contributed by atoms with Crippen molar-refractivity contribution in [3.05, 3.63) is 174 Å². The molecule has 1 N–H and O–H groups in total. The lowest BCUT2D eigenvalue weighted by atomic mass is 9.95. The van der Waals surface area contributed by atoms with Crippen LogP contribution in [0.2, 0.25) is 5.04 Å². The Hall–Kier alpha value is -5.36. The fourth-order valence-electron chi connectivity index (χ4n) is 8.69. The van der Waals surface area contributed by atoms with Crippen LogP contribution >= 0.6 is 0 Å². The number of nitrogens with one attached hydrogen (secondary N) is 1. The fourth-order valence-corrected chi connectivity index (χ4v) is 14.8. The van der Waals surface area contributed by atoms with Gasteiger partial charge in [-0.2, -0.15) is 0 Å². The molecule has 0 fully saturated rings. The van der Waals surface area contributed by atoms with Crippen LogP contribution < -0.4 is 15.7 Å². The van der Waals surface area contributed by atoms with Gasteiger partial charge in [0, 0.05) is 52.2 Å². The Bertz CT molecular complexity index is 2540. The van der Waals surface area contributed by atoms with Crippen LogP contribution in [0.4, 0.5) is 4.39 Å². The van der Waals surface area contributed by atoms with E-state index >= 15 is 0 Å². The number of rotatable bonds is 15. The summed E-state index contributed by atoms with van der Waals surface area (Å²) < 4.78 is 44.8. The summed E-state index contributed by atoms with van der Waals surface area (Å²) >= 11 is -1.32. The summed E-state index contributed by atoms with van der Waals surface area (Å²) in [6.45, 7) is 9.71. The van der Waals surface area contributed by atoms with Gasteiger partial charge in [-0.3, -0.25) is 4.79 Å². The first-order chi connectivity index (χ1) is 29.6. The first-order valence-corrected chi connectivity index (χ1v) is 24.3. The molecule has 2 atom stereocenters. The molecule has 0 saturated heterocycles. The highest BCUT2D eigenvalue weighted by Crippen LogP contribution is 2.45. The summed E-state index contributed by atoms with van der Waals surface area (Å²) in [5.41, 5.74) is 5.51. The second-order valence-electron chi connectivity index (χ2n) is 16.7. The highest BCUT2D eigenvalue weighted by molar-refractivity contribution is 7.89. The van der Waals surface area contributed by atoms with Gasteiger partial charge >= 0.3 is 0 Å². The van der Waals surface area contributed by atoms with E-state index in [1.54, 1.807) is 18.2 Å². The van der Waals surface area contributed by atoms with Gasteiger partial charge in [0.2, 0.25) is 0 Å². The van der Waals surface area contributed by atoms with Crippen LogP contribution in [0.3, 0.4) is 0 Å². The number of carbonyl (C=O) groups excluding carboxylic acids is 1. The molecular formula is C51H52FN3O4SSi. The van der Waals surface area contributed by atoms with E-state index in [9.17, 15) is 13.7 Å². The van der Waals surface area contributed by atoms with Crippen molar-refractivity contribution in [3.63, 3.8) is 0 Å². The maximum Gasteiger partial charge on any atom is 0.270 e. The van der Waals surface area contributed by atoms with Gasteiger partial charge < -0.3 is 18.7 Å². The van der Waals surface area contributed by atoms with E-state index in [0.29, 0.717) is 36.6 Å². The van der Waals surface area contributed by atoms with Crippen LogP contribution in [0, 0.1) is 5.82 Å². The number of fused-ring (bicyclic) bond motifs is 2. The lowest BCUT2D eigenvalue weighted by Gasteiger charge is -2.43. The smallest absolute Gasteiger partial charge is 0.270 e. The van der Waals surface area contributed by atoms with E-state index in [-0.39, 0.29) is 29.1 Å². The van der Waals surface area contributed by atoms with Crippen LogP contribution in [0.15, 0.2) is 150 Å². The van der Waals surface area contributed by atoms with Crippen molar-refractivity contribution in [2.24, 2.45) is 0 Å². The van der Waals surface area contributed by atoms with E-state index in [1.807, 2.05) is 72.8 Å². The zero-order chi connectivity index (χ0) is 42.6. The summed E-state index contributed by atoms with van der Waals surface area (Å²) in [7, 11) is -2.89. The Kier molecular flexibility index (Phi) is 12.7. The maximum atomic E-state index is 14.6. The molecule has 0 saturated carbocycles. The third-order valence-corrected chi connectivity index (χ3v) is 18.3. The van der Waals surface area contributed by atoms with Gasteiger partial charge in [0.1, 0.15) is 28.6 Å².